The molecule has 3 heterocycles. The first-order chi connectivity index (χ1) is 18.3. The molecule has 9 nitrogen and oxygen atoms in total. The fourth-order valence-electron chi connectivity index (χ4n) is 4.68. The Bertz CT molecular complexity index is 1150. The molecule has 2 fully saturated rings. The van der Waals surface area contributed by atoms with Crippen LogP contribution in [0.25, 0.3) is 11.3 Å². The predicted octanol–water partition coefficient (Wildman–Crippen LogP) is 2.49. The molecule has 2 aromatic rings. The summed E-state index contributed by atoms with van der Waals surface area (Å²) in [6, 6.07) is 5.61. The van der Waals surface area contributed by atoms with E-state index in [0.29, 0.717) is 29.7 Å². The first-order valence-corrected chi connectivity index (χ1v) is 12.3. The van der Waals surface area contributed by atoms with Gasteiger partial charge < -0.3 is 20.5 Å². The lowest BCUT2D eigenvalue weighted by Crippen LogP contribution is -2.49. The van der Waals surface area contributed by atoms with Gasteiger partial charge in [0.15, 0.2) is 0 Å². The van der Waals surface area contributed by atoms with Crippen molar-refractivity contribution in [1.82, 2.24) is 19.8 Å². The van der Waals surface area contributed by atoms with Crippen LogP contribution in [0.2, 0.25) is 0 Å². The summed E-state index contributed by atoms with van der Waals surface area (Å²) in [7, 11) is 0. The van der Waals surface area contributed by atoms with Gasteiger partial charge in [0.1, 0.15) is 6.04 Å². The maximum absolute atomic E-state index is 13.3. The number of amides is 2. The van der Waals surface area contributed by atoms with Gasteiger partial charge in [0.2, 0.25) is 11.8 Å². The molecule has 0 saturated carbocycles. The van der Waals surface area contributed by atoms with E-state index in [1.165, 1.54) is 17.3 Å². The quantitative estimate of drug-likeness (QED) is 0.479. The maximum atomic E-state index is 13.3. The highest BCUT2D eigenvalue weighted by Gasteiger charge is 2.58. The molecule has 2 unspecified atom stereocenters. The van der Waals surface area contributed by atoms with Crippen LogP contribution < -0.4 is 10.5 Å². The smallest absolute Gasteiger partial charge is 0.454 e. The zero-order valence-corrected chi connectivity index (χ0v) is 20.8. The lowest BCUT2D eigenvalue weighted by atomic mass is 9.97. The molecule has 2 saturated heterocycles. The van der Waals surface area contributed by atoms with Crippen molar-refractivity contribution in [2.24, 2.45) is 11.7 Å². The number of rotatable bonds is 8. The number of hydrogen-bond acceptors (Lipinski definition) is 7. The number of halogens is 5. The standard InChI is InChI=1S/C25H28F5N5O4/c26-24(27,25(28,29)30)14-34-7-5-15(6-8-34)13-39-21-11-32-19(10-33-21)16-1-3-17(4-2-16)23(38)35-12-18(36)9-20(35)22(31)37/h1-4,10-11,15,18,20,36H,5-9,12-14H2,(H2,31,37). The van der Waals surface area contributed by atoms with Crippen molar-refractivity contribution in [1.29, 1.82) is 0 Å². The molecule has 0 spiro atoms. The molecule has 14 heteroatoms. The van der Waals surface area contributed by atoms with Gasteiger partial charge in [-0.1, -0.05) is 12.1 Å². The summed E-state index contributed by atoms with van der Waals surface area (Å²) in [6.07, 6.45) is -2.55. The van der Waals surface area contributed by atoms with Gasteiger partial charge in [0.25, 0.3) is 5.91 Å². The number of piperidine rings is 1. The Kier molecular flexibility index (Phi) is 8.35. The number of aliphatic hydroxyl groups excluding tert-OH is 1. The molecule has 1 aromatic heterocycles. The number of benzene rings is 1. The van der Waals surface area contributed by atoms with Crippen molar-refractivity contribution in [2.45, 2.75) is 43.5 Å². The average Bonchev–Trinajstić information content (AvgIpc) is 3.29. The number of nitrogens with two attached hydrogens (primary N) is 1. The van der Waals surface area contributed by atoms with Crippen molar-refractivity contribution in [2.75, 3.05) is 32.8 Å². The van der Waals surface area contributed by atoms with Gasteiger partial charge in [0.05, 0.1) is 37.3 Å². The van der Waals surface area contributed by atoms with Crippen LogP contribution in [-0.4, -0.2) is 93.7 Å². The van der Waals surface area contributed by atoms with E-state index in [2.05, 4.69) is 9.97 Å². The van der Waals surface area contributed by atoms with Crippen LogP contribution in [0.5, 0.6) is 5.88 Å². The summed E-state index contributed by atoms with van der Waals surface area (Å²) in [6.45, 7) is -0.865. The Labute approximate surface area is 220 Å². The van der Waals surface area contributed by atoms with E-state index in [1.54, 1.807) is 24.3 Å². The molecule has 2 aliphatic rings. The van der Waals surface area contributed by atoms with E-state index in [4.69, 9.17) is 10.5 Å². The highest BCUT2D eigenvalue weighted by molar-refractivity contribution is 5.98. The number of β-amino-alcohol motifs (C(OH)–C–C–N with tert-alkyl or cyclic N) is 1. The van der Waals surface area contributed by atoms with Crippen LogP contribution in [-0.2, 0) is 4.79 Å². The minimum absolute atomic E-state index is 0.0156. The molecule has 0 aliphatic carbocycles. The normalized spacial score (nSPS) is 21.2. The summed E-state index contributed by atoms with van der Waals surface area (Å²) < 4.78 is 69.4. The zero-order valence-electron chi connectivity index (χ0n) is 20.8. The first kappa shape index (κ1) is 28.6. The summed E-state index contributed by atoms with van der Waals surface area (Å²) >= 11 is 0. The molecule has 2 aliphatic heterocycles. The molecule has 1 aromatic carbocycles. The van der Waals surface area contributed by atoms with Gasteiger partial charge in [-0.25, -0.2) is 9.97 Å². The van der Waals surface area contributed by atoms with Crippen LogP contribution in [0.1, 0.15) is 29.6 Å². The van der Waals surface area contributed by atoms with Gasteiger partial charge in [-0.15, -0.1) is 0 Å². The Morgan fingerprint density at radius 3 is 2.28 bits per heavy atom. The largest absolute Gasteiger partial charge is 0.476 e. The fourth-order valence-corrected chi connectivity index (χ4v) is 4.68. The summed E-state index contributed by atoms with van der Waals surface area (Å²) in [5, 5.41) is 9.83. The number of ether oxygens (including phenoxy) is 1. The van der Waals surface area contributed by atoms with Gasteiger partial charge in [-0.3, -0.25) is 14.5 Å². The molecule has 3 N–H and O–H groups in total. The molecule has 2 amide bonds. The van der Waals surface area contributed by atoms with E-state index in [9.17, 15) is 36.6 Å². The first-order valence-electron chi connectivity index (χ1n) is 12.3. The second-order valence-corrected chi connectivity index (χ2v) is 9.82. The number of primary amides is 1. The van der Waals surface area contributed by atoms with Crippen molar-refractivity contribution >= 4 is 11.8 Å². The van der Waals surface area contributed by atoms with Gasteiger partial charge in [-0.2, -0.15) is 22.0 Å². The molecule has 0 radical (unpaired) electrons. The summed E-state index contributed by atoms with van der Waals surface area (Å²) in [4.78, 5) is 35.3. The number of likely N-dealkylation sites (tertiary alicyclic amines) is 2. The molecular weight excluding hydrogens is 529 g/mol. The summed E-state index contributed by atoms with van der Waals surface area (Å²) in [5.74, 6) is -5.61. The fraction of sp³-hybridized carbons (Fsp3) is 0.520. The van der Waals surface area contributed by atoms with Crippen LogP contribution in [0.4, 0.5) is 22.0 Å². The van der Waals surface area contributed by atoms with Crippen LogP contribution >= 0.6 is 0 Å². The molecule has 39 heavy (non-hydrogen) atoms. The highest BCUT2D eigenvalue weighted by atomic mass is 19.4. The van der Waals surface area contributed by atoms with Crippen molar-refractivity contribution in [3.63, 3.8) is 0 Å². The number of carbonyl (C=O) groups excluding carboxylic acids is 2. The molecule has 0 bridgehead atoms. The Balaban J connectivity index is 1.27. The van der Waals surface area contributed by atoms with E-state index in [-0.39, 0.29) is 44.5 Å². The lowest BCUT2D eigenvalue weighted by Gasteiger charge is -2.34. The van der Waals surface area contributed by atoms with E-state index in [1.807, 2.05) is 0 Å². The number of alkyl halides is 5. The van der Waals surface area contributed by atoms with E-state index >= 15 is 0 Å². The third-order valence-electron chi connectivity index (χ3n) is 6.94. The number of aromatic nitrogens is 2. The number of aliphatic hydroxyl groups is 1. The van der Waals surface area contributed by atoms with Crippen LogP contribution in [0.3, 0.4) is 0 Å². The third kappa shape index (κ3) is 6.79. The number of nitrogens with zero attached hydrogens (tertiary/aromatic N) is 4. The van der Waals surface area contributed by atoms with Crippen molar-refractivity contribution in [3.05, 3.63) is 42.2 Å². The molecule has 212 valence electrons. The Morgan fingerprint density at radius 2 is 1.72 bits per heavy atom. The number of carbonyl (C=O) groups is 2. The third-order valence-corrected chi connectivity index (χ3v) is 6.94. The number of hydrogen-bond donors (Lipinski definition) is 2. The summed E-state index contributed by atoms with van der Waals surface area (Å²) in [5.41, 5.74) is 6.84. The lowest BCUT2D eigenvalue weighted by molar-refractivity contribution is -0.287. The Morgan fingerprint density at radius 1 is 1.05 bits per heavy atom. The monoisotopic (exact) mass is 557 g/mol. The minimum Gasteiger partial charge on any atom is -0.476 e. The second-order valence-electron chi connectivity index (χ2n) is 9.82. The van der Waals surface area contributed by atoms with Crippen molar-refractivity contribution < 1.29 is 41.4 Å². The second kappa shape index (κ2) is 11.4. The minimum atomic E-state index is -5.56. The highest BCUT2D eigenvalue weighted by Crippen LogP contribution is 2.36. The Hall–Kier alpha value is -3.39. The van der Waals surface area contributed by atoms with E-state index < -0.39 is 42.6 Å². The van der Waals surface area contributed by atoms with Gasteiger partial charge >= 0.3 is 12.1 Å². The molecule has 4 rings (SSSR count). The van der Waals surface area contributed by atoms with Crippen LogP contribution in [0.15, 0.2) is 36.7 Å². The maximum Gasteiger partial charge on any atom is 0.454 e. The van der Waals surface area contributed by atoms with Crippen LogP contribution in [0, 0.1) is 5.92 Å². The molecule has 2 atom stereocenters. The SMILES string of the molecule is NC(=O)C1CC(O)CN1C(=O)c1ccc(-c2cnc(OCC3CCN(CC(F)(F)C(F)(F)F)CC3)cn2)cc1. The predicted molar refractivity (Wildman–Crippen MR) is 128 cm³/mol. The topological polar surface area (TPSA) is 122 Å². The van der Waals surface area contributed by atoms with Gasteiger partial charge in [-0.05, 0) is 44.0 Å². The van der Waals surface area contributed by atoms with Gasteiger partial charge in [0, 0.05) is 24.1 Å². The molecular formula is C25H28F5N5O4. The van der Waals surface area contributed by atoms with E-state index in [0.717, 1.165) is 4.90 Å². The average molecular weight is 558 g/mol. The zero-order chi connectivity index (χ0) is 28.4. The van der Waals surface area contributed by atoms with Crippen molar-refractivity contribution in [3.8, 4) is 17.1 Å².